The third kappa shape index (κ3) is 41.4. The summed E-state index contributed by atoms with van der Waals surface area (Å²) in [6.45, 7) is 4.08. The molecule has 0 fully saturated rings. The number of allylic oxidation sites excluding steroid dienone is 8. The first-order valence-electron chi connectivity index (χ1n) is 21.8. The molecule has 0 aromatic heterocycles. The fourth-order valence-corrected chi connectivity index (χ4v) is 6.43. The van der Waals surface area contributed by atoms with Gasteiger partial charge >= 0.3 is 11.9 Å². The highest BCUT2D eigenvalue weighted by molar-refractivity contribution is 7.45. The fraction of sp³-hybridized carbons (Fsp3) is 0.778. The van der Waals surface area contributed by atoms with Crippen molar-refractivity contribution < 1.29 is 42.1 Å². The van der Waals surface area contributed by atoms with Crippen LogP contribution in [0.2, 0.25) is 0 Å². The van der Waals surface area contributed by atoms with E-state index < -0.39 is 26.5 Å². The Morgan fingerprint density at radius 1 is 0.582 bits per heavy atom. The maximum absolute atomic E-state index is 12.7. The van der Waals surface area contributed by atoms with E-state index in [-0.39, 0.29) is 32.0 Å². The molecular formula is C45H82NO8P. The van der Waals surface area contributed by atoms with E-state index in [1.807, 2.05) is 21.1 Å². The van der Waals surface area contributed by atoms with Crippen LogP contribution < -0.4 is 4.89 Å². The summed E-state index contributed by atoms with van der Waals surface area (Å²) < 4.78 is 33.8. The SMILES string of the molecule is CC/C=C\C/C=C\C/C=C\C/C=C\CCCCCCCCCCC(=O)OC(COC(=O)CCCCCCCCCCCC)COP(=O)([O-])OCC[N+](C)(C)C. The minimum atomic E-state index is -4.62. The van der Waals surface area contributed by atoms with Crippen molar-refractivity contribution in [3.63, 3.8) is 0 Å². The minimum Gasteiger partial charge on any atom is -0.756 e. The molecule has 0 aromatic carbocycles. The number of likely N-dealkylation sites (N-methyl/N-ethyl adjacent to an activating group) is 1. The summed E-state index contributed by atoms with van der Waals surface area (Å²) >= 11 is 0. The Labute approximate surface area is 337 Å². The number of carbonyl (C=O) groups excluding carboxylic acids is 2. The van der Waals surface area contributed by atoms with Crippen LogP contribution in [-0.4, -0.2) is 70.0 Å². The number of esters is 2. The second-order valence-corrected chi connectivity index (χ2v) is 17.1. The van der Waals surface area contributed by atoms with Gasteiger partial charge in [0.2, 0.25) is 0 Å². The summed E-state index contributed by atoms with van der Waals surface area (Å²) in [6.07, 6.45) is 42.8. The summed E-state index contributed by atoms with van der Waals surface area (Å²) in [7, 11) is 1.16. The molecule has 0 rings (SSSR count). The number of hydrogen-bond acceptors (Lipinski definition) is 8. The number of phosphoric acid groups is 1. The normalized spacial score (nSPS) is 14.1. The number of ether oxygens (including phenoxy) is 2. The number of rotatable bonds is 39. The zero-order chi connectivity index (χ0) is 40.7. The molecule has 0 spiro atoms. The minimum absolute atomic E-state index is 0.0331. The van der Waals surface area contributed by atoms with Gasteiger partial charge in [0.1, 0.15) is 19.8 Å². The summed E-state index contributed by atoms with van der Waals surface area (Å²) in [6, 6.07) is 0. The van der Waals surface area contributed by atoms with Gasteiger partial charge in [0, 0.05) is 12.8 Å². The van der Waals surface area contributed by atoms with Crippen molar-refractivity contribution in [1.29, 1.82) is 0 Å². The number of carbonyl (C=O) groups is 2. The van der Waals surface area contributed by atoms with Crippen LogP contribution in [0.15, 0.2) is 48.6 Å². The van der Waals surface area contributed by atoms with Crippen molar-refractivity contribution in [1.82, 2.24) is 0 Å². The quantitative estimate of drug-likeness (QED) is 0.0199. The predicted molar refractivity (Wildman–Crippen MR) is 227 cm³/mol. The van der Waals surface area contributed by atoms with E-state index in [1.165, 1.54) is 70.6 Å². The monoisotopic (exact) mass is 796 g/mol. The van der Waals surface area contributed by atoms with Crippen LogP contribution in [0.25, 0.3) is 0 Å². The molecular weight excluding hydrogens is 713 g/mol. The second-order valence-electron chi connectivity index (χ2n) is 15.7. The highest BCUT2D eigenvalue weighted by atomic mass is 31.2. The highest BCUT2D eigenvalue weighted by Crippen LogP contribution is 2.38. The zero-order valence-corrected chi connectivity index (χ0v) is 36.8. The van der Waals surface area contributed by atoms with Gasteiger partial charge in [0.05, 0.1) is 27.7 Å². The molecule has 0 heterocycles. The first-order chi connectivity index (χ1) is 26.5. The van der Waals surface area contributed by atoms with Gasteiger partial charge in [0.25, 0.3) is 7.82 Å². The van der Waals surface area contributed by atoms with E-state index in [0.717, 1.165) is 70.6 Å². The molecule has 0 amide bonds. The Morgan fingerprint density at radius 2 is 1.04 bits per heavy atom. The number of quaternary nitrogens is 1. The number of unbranched alkanes of at least 4 members (excludes halogenated alkanes) is 17. The molecule has 0 aromatic rings. The van der Waals surface area contributed by atoms with Crippen LogP contribution in [0.4, 0.5) is 0 Å². The Bertz CT molecular complexity index is 1080. The molecule has 0 N–H and O–H groups in total. The van der Waals surface area contributed by atoms with E-state index >= 15 is 0 Å². The molecule has 0 saturated carbocycles. The maximum atomic E-state index is 12.7. The van der Waals surface area contributed by atoms with Gasteiger partial charge in [-0.1, -0.05) is 159 Å². The standard InChI is InChI=1S/C45H82NO8P/c1-6-8-10-12-14-16-18-19-20-21-22-23-24-25-26-27-28-30-32-34-36-38-45(48)54-43(42-53-55(49,50)52-40-39-46(3,4)5)41-51-44(47)37-35-33-31-29-17-15-13-11-9-7-2/h8,10,14,16,19-20,22-23,43H,6-7,9,11-13,15,17-18,21,24-42H2,1-5H3/b10-8-,16-14-,20-19-,23-22-. The molecule has 10 heteroatoms. The first kappa shape index (κ1) is 53.0. The van der Waals surface area contributed by atoms with Crippen LogP contribution in [0.3, 0.4) is 0 Å². The molecule has 0 aliphatic heterocycles. The molecule has 0 aliphatic carbocycles. The Kier molecular flexibility index (Phi) is 36.2. The first-order valence-corrected chi connectivity index (χ1v) is 23.3. The molecule has 0 aliphatic rings. The maximum Gasteiger partial charge on any atom is 0.306 e. The van der Waals surface area contributed by atoms with Gasteiger partial charge in [-0.25, -0.2) is 0 Å². The van der Waals surface area contributed by atoms with Gasteiger partial charge in [-0.05, 0) is 51.4 Å². The summed E-state index contributed by atoms with van der Waals surface area (Å²) in [5, 5.41) is 0. The van der Waals surface area contributed by atoms with Crippen LogP contribution in [0.5, 0.6) is 0 Å². The third-order valence-corrected chi connectivity index (χ3v) is 10.1. The second kappa shape index (κ2) is 37.5. The van der Waals surface area contributed by atoms with Crippen LogP contribution >= 0.6 is 7.82 Å². The van der Waals surface area contributed by atoms with Gasteiger partial charge in [-0.2, -0.15) is 0 Å². The molecule has 2 atom stereocenters. The van der Waals surface area contributed by atoms with Crippen LogP contribution in [0.1, 0.15) is 174 Å². The lowest BCUT2D eigenvalue weighted by molar-refractivity contribution is -0.870. The molecule has 320 valence electrons. The van der Waals surface area contributed by atoms with Crippen molar-refractivity contribution >= 4 is 19.8 Å². The van der Waals surface area contributed by atoms with Crippen LogP contribution in [0, 0.1) is 0 Å². The summed E-state index contributed by atoms with van der Waals surface area (Å²) in [4.78, 5) is 37.4. The van der Waals surface area contributed by atoms with Gasteiger partial charge in [0.15, 0.2) is 6.10 Å². The molecule has 9 nitrogen and oxygen atoms in total. The molecule has 0 saturated heterocycles. The van der Waals surface area contributed by atoms with Crippen molar-refractivity contribution in [2.45, 2.75) is 180 Å². The lowest BCUT2D eigenvalue weighted by Gasteiger charge is -2.28. The molecule has 55 heavy (non-hydrogen) atoms. The Morgan fingerprint density at radius 3 is 1.55 bits per heavy atom. The number of hydrogen-bond donors (Lipinski definition) is 0. The Balaban J connectivity index is 4.31. The van der Waals surface area contributed by atoms with E-state index in [9.17, 15) is 19.0 Å². The fourth-order valence-electron chi connectivity index (χ4n) is 5.70. The average molecular weight is 796 g/mol. The molecule has 2 unspecified atom stereocenters. The average Bonchev–Trinajstić information content (AvgIpc) is 3.13. The number of phosphoric ester groups is 1. The summed E-state index contributed by atoms with van der Waals surface area (Å²) in [5.41, 5.74) is 0. The van der Waals surface area contributed by atoms with E-state index in [0.29, 0.717) is 17.4 Å². The van der Waals surface area contributed by atoms with Gasteiger partial charge in [-0.15, -0.1) is 0 Å². The van der Waals surface area contributed by atoms with Gasteiger partial charge in [-0.3, -0.25) is 14.2 Å². The van der Waals surface area contributed by atoms with Crippen molar-refractivity contribution in [3.8, 4) is 0 Å². The predicted octanol–water partition coefficient (Wildman–Crippen LogP) is 11.7. The van der Waals surface area contributed by atoms with Crippen molar-refractivity contribution in [3.05, 3.63) is 48.6 Å². The molecule has 0 bridgehead atoms. The van der Waals surface area contributed by atoms with E-state index in [2.05, 4.69) is 62.5 Å². The van der Waals surface area contributed by atoms with Crippen molar-refractivity contribution in [2.75, 3.05) is 47.5 Å². The lowest BCUT2D eigenvalue weighted by Crippen LogP contribution is -2.37. The smallest absolute Gasteiger partial charge is 0.306 e. The van der Waals surface area contributed by atoms with Crippen molar-refractivity contribution in [2.24, 2.45) is 0 Å². The largest absolute Gasteiger partial charge is 0.756 e. The summed E-state index contributed by atoms with van der Waals surface area (Å²) in [5.74, 6) is -0.846. The Hall–Kier alpha value is -2.03. The zero-order valence-electron chi connectivity index (χ0n) is 35.9. The van der Waals surface area contributed by atoms with E-state index in [4.69, 9.17) is 18.5 Å². The molecule has 0 radical (unpaired) electrons. The van der Waals surface area contributed by atoms with Gasteiger partial charge < -0.3 is 27.9 Å². The van der Waals surface area contributed by atoms with Crippen LogP contribution in [-0.2, 0) is 32.7 Å². The highest BCUT2D eigenvalue weighted by Gasteiger charge is 2.21. The number of nitrogens with zero attached hydrogens (tertiary/aromatic N) is 1. The topological polar surface area (TPSA) is 111 Å². The van der Waals surface area contributed by atoms with E-state index in [1.54, 1.807) is 0 Å². The lowest BCUT2D eigenvalue weighted by atomic mass is 10.1. The third-order valence-electron chi connectivity index (χ3n) is 9.11.